The molecule has 3 aromatic rings. The Morgan fingerprint density at radius 1 is 1.17 bits per heavy atom. The molecule has 0 bridgehead atoms. The predicted molar refractivity (Wildman–Crippen MR) is 93.6 cm³/mol. The van der Waals surface area contributed by atoms with Gasteiger partial charge in [0.15, 0.2) is 0 Å². The molecule has 3 rings (SSSR count). The molecule has 5 heteroatoms. The summed E-state index contributed by atoms with van der Waals surface area (Å²) in [5, 5.41) is 1.81. The van der Waals surface area contributed by atoms with Crippen LogP contribution in [0, 0.1) is 0 Å². The van der Waals surface area contributed by atoms with Crippen molar-refractivity contribution < 1.29 is 9.53 Å². The monoisotopic (exact) mass is 324 g/mol. The molecule has 0 radical (unpaired) electrons. The van der Waals surface area contributed by atoms with E-state index in [2.05, 4.69) is 17.1 Å². The van der Waals surface area contributed by atoms with Crippen LogP contribution in [-0.2, 0) is 4.79 Å². The number of methoxy groups -OCH3 is 1. The molecule has 2 N–H and O–H groups in total. The van der Waals surface area contributed by atoms with E-state index in [0.717, 1.165) is 32.8 Å². The lowest BCUT2D eigenvalue weighted by Crippen LogP contribution is -2.13. The summed E-state index contributed by atoms with van der Waals surface area (Å²) < 4.78 is 5.29. The van der Waals surface area contributed by atoms with Crippen LogP contribution in [0.15, 0.2) is 59.6 Å². The van der Waals surface area contributed by atoms with E-state index in [1.165, 1.54) is 11.8 Å². The number of carbonyl (C=O) groups excluding carboxylic acids is 1. The van der Waals surface area contributed by atoms with Crippen molar-refractivity contribution in [2.45, 2.75) is 5.03 Å². The van der Waals surface area contributed by atoms with Crippen LogP contribution >= 0.6 is 11.8 Å². The lowest BCUT2D eigenvalue weighted by atomic mass is 10.0. The molecule has 0 aliphatic rings. The third-order valence-corrected chi connectivity index (χ3v) is 4.37. The van der Waals surface area contributed by atoms with E-state index in [1.54, 1.807) is 7.11 Å². The second-order valence-electron chi connectivity index (χ2n) is 5.01. The van der Waals surface area contributed by atoms with Gasteiger partial charge in [0.05, 0.1) is 23.4 Å². The number of primary amides is 1. The Hall–Kier alpha value is -2.53. The minimum Gasteiger partial charge on any atom is -0.497 e. The second-order valence-corrected chi connectivity index (χ2v) is 6.01. The van der Waals surface area contributed by atoms with Crippen LogP contribution in [-0.4, -0.2) is 23.8 Å². The minimum atomic E-state index is -0.358. The molecule has 0 aliphatic carbocycles. The van der Waals surface area contributed by atoms with Crippen molar-refractivity contribution in [3.63, 3.8) is 0 Å². The van der Waals surface area contributed by atoms with Gasteiger partial charge < -0.3 is 10.5 Å². The van der Waals surface area contributed by atoms with Gasteiger partial charge in [-0.15, -0.1) is 0 Å². The molecule has 0 saturated carbocycles. The number of amides is 1. The van der Waals surface area contributed by atoms with Gasteiger partial charge in [-0.1, -0.05) is 42.1 Å². The Kier molecular flexibility index (Phi) is 4.48. The van der Waals surface area contributed by atoms with Gasteiger partial charge >= 0.3 is 0 Å². The quantitative estimate of drug-likeness (QED) is 0.730. The van der Waals surface area contributed by atoms with Gasteiger partial charge in [-0.25, -0.2) is 4.98 Å². The minimum absolute atomic E-state index is 0.205. The maximum atomic E-state index is 11.0. The third kappa shape index (κ3) is 3.46. The Labute approximate surface area is 138 Å². The molecule has 4 nitrogen and oxygen atoms in total. The first-order valence-electron chi connectivity index (χ1n) is 7.12. The number of rotatable bonds is 5. The fraction of sp³-hybridized carbons (Fsp3) is 0.111. The summed E-state index contributed by atoms with van der Waals surface area (Å²) in [4.78, 5) is 15.7. The number of fused-ring (bicyclic) bond motifs is 1. The average Bonchev–Trinajstić information content (AvgIpc) is 2.59. The molecule has 116 valence electrons. The topological polar surface area (TPSA) is 65.2 Å². The first-order chi connectivity index (χ1) is 11.2. The van der Waals surface area contributed by atoms with Crippen LogP contribution in [0.5, 0.6) is 5.75 Å². The standard InChI is InChI=1S/C18H16N2O2S/c1-22-13-7-8-14-15(12-5-3-2-4-6-12)10-18(20-16(14)9-13)23-11-17(19)21/h2-10H,11H2,1H3,(H2,19,21). The van der Waals surface area contributed by atoms with Crippen LogP contribution in [0.25, 0.3) is 22.0 Å². The summed E-state index contributed by atoms with van der Waals surface area (Å²) in [5.41, 5.74) is 8.25. The second kappa shape index (κ2) is 6.71. The van der Waals surface area contributed by atoms with Crippen molar-refractivity contribution in [1.29, 1.82) is 0 Å². The van der Waals surface area contributed by atoms with Gasteiger partial charge in [0, 0.05) is 11.5 Å². The molecule has 0 aliphatic heterocycles. The Morgan fingerprint density at radius 2 is 1.96 bits per heavy atom. The number of thioether (sulfide) groups is 1. The van der Waals surface area contributed by atoms with Crippen molar-refractivity contribution in [3.05, 3.63) is 54.6 Å². The number of ether oxygens (including phenoxy) is 1. The van der Waals surface area contributed by atoms with Crippen molar-refractivity contribution >= 4 is 28.6 Å². The van der Waals surface area contributed by atoms with Gasteiger partial charge in [0.1, 0.15) is 5.75 Å². The van der Waals surface area contributed by atoms with Crippen LogP contribution < -0.4 is 10.5 Å². The molecule has 1 aromatic heterocycles. The Morgan fingerprint density at radius 3 is 2.65 bits per heavy atom. The lowest BCUT2D eigenvalue weighted by Gasteiger charge is -2.10. The van der Waals surface area contributed by atoms with Gasteiger partial charge in [-0.05, 0) is 29.3 Å². The van der Waals surface area contributed by atoms with E-state index in [0.29, 0.717) is 0 Å². The van der Waals surface area contributed by atoms with Crippen LogP contribution in [0.4, 0.5) is 0 Å². The van der Waals surface area contributed by atoms with Crippen molar-refractivity contribution in [2.75, 3.05) is 12.9 Å². The smallest absolute Gasteiger partial charge is 0.227 e. The van der Waals surface area contributed by atoms with Crippen molar-refractivity contribution in [2.24, 2.45) is 5.73 Å². The molecule has 2 aromatic carbocycles. The zero-order chi connectivity index (χ0) is 16.2. The summed E-state index contributed by atoms with van der Waals surface area (Å²) in [6, 6.07) is 17.9. The number of aromatic nitrogens is 1. The SMILES string of the molecule is COc1ccc2c(-c3ccccc3)cc(SCC(N)=O)nc2c1. The highest BCUT2D eigenvalue weighted by Crippen LogP contribution is 2.33. The number of carbonyl (C=O) groups is 1. The number of nitrogens with two attached hydrogens (primary N) is 1. The zero-order valence-corrected chi connectivity index (χ0v) is 13.5. The fourth-order valence-electron chi connectivity index (χ4n) is 2.39. The maximum Gasteiger partial charge on any atom is 0.227 e. The van der Waals surface area contributed by atoms with Gasteiger partial charge in [0.2, 0.25) is 5.91 Å². The van der Waals surface area contributed by atoms with Crippen molar-refractivity contribution in [3.8, 4) is 16.9 Å². The molecule has 0 unspecified atom stereocenters. The number of pyridine rings is 1. The third-order valence-electron chi connectivity index (χ3n) is 3.44. The summed E-state index contributed by atoms with van der Waals surface area (Å²) >= 11 is 1.34. The summed E-state index contributed by atoms with van der Waals surface area (Å²) in [6.07, 6.45) is 0. The Balaban J connectivity index is 2.17. The van der Waals surface area contributed by atoms with E-state index < -0.39 is 0 Å². The maximum absolute atomic E-state index is 11.0. The molecule has 23 heavy (non-hydrogen) atoms. The highest BCUT2D eigenvalue weighted by atomic mass is 32.2. The first-order valence-corrected chi connectivity index (χ1v) is 8.11. The Bertz CT molecular complexity index is 850. The normalized spacial score (nSPS) is 10.7. The number of hydrogen-bond donors (Lipinski definition) is 1. The fourth-order valence-corrected chi connectivity index (χ4v) is 3.04. The van der Waals surface area contributed by atoms with Crippen LogP contribution in [0.2, 0.25) is 0 Å². The van der Waals surface area contributed by atoms with E-state index >= 15 is 0 Å². The molecule has 0 spiro atoms. The van der Waals surface area contributed by atoms with Crippen LogP contribution in [0.3, 0.4) is 0 Å². The first kappa shape index (κ1) is 15.4. The van der Waals surface area contributed by atoms with Gasteiger partial charge in [-0.2, -0.15) is 0 Å². The van der Waals surface area contributed by atoms with E-state index in [9.17, 15) is 4.79 Å². The van der Waals surface area contributed by atoms with Gasteiger partial charge in [-0.3, -0.25) is 4.79 Å². The molecule has 0 saturated heterocycles. The summed E-state index contributed by atoms with van der Waals surface area (Å²) in [7, 11) is 1.63. The average molecular weight is 324 g/mol. The highest BCUT2D eigenvalue weighted by Gasteiger charge is 2.10. The molecular formula is C18H16N2O2S. The molecule has 1 amide bonds. The molecule has 1 heterocycles. The molecule has 0 fully saturated rings. The summed E-state index contributed by atoms with van der Waals surface area (Å²) in [6.45, 7) is 0. The number of nitrogens with zero attached hydrogens (tertiary/aromatic N) is 1. The van der Waals surface area contributed by atoms with E-state index in [-0.39, 0.29) is 11.7 Å². The zero-order valence-electron chi connectivity index (χ0n) is 12.7. The van der Waals surface area contributed by atoms with E-state index in [4.69, 9.17) is 10.5 Å². The van der Waals surface area contributed by atoms with Gasteiger partial charge in [0.25, 0.3) is 0 Å². The largest absolute Gasteiger partial charge is 0.497 e. The summed E-state index contributed by atoms with van der Waals surface area (Å²) in [5.74, 6) is 0.598. The van der Waals surface area contributed by atoms with Crippen molar-refractivity contribution in [1.82, 2.24) is 4.98 Å². The predicted octanol–water partition coefficient (Wildman–Crippen LogP) is 3.49. The van der Waals surface area contributed by atoms with E-state index in [1.807, 2.05) is 42.5 Å². The number of hydrogen-bond acceptors (Lipinski definition) is 4. The molecular weight excluding hydrogens is 308 g/mol. The lowest BCUT2D eigenvalue weighted by molar-refractivity contribution is -0.115. The highest BCUT2D eigenvalue weighted by molar-refractivity contribution is 7.99. The van der Waals surface area contributed by atoms with Crippen LogP contribution in [0.1, 0.15) is 0 Å². The molecule has 0 atom stereocenters. The number of benzene rings is 2.